The lowest BCUT2D eigenvalue weighted by molar-refractivity contribution is -0.136. The van der Waals surface area contributed by atoms with E-state index in [1.54, 1.807) is 31.2 Å². The van der Waals surface area contributed by atoms with E-state index in [-0.39, 0.29) is 5.56 Å². The van der Waals surface area contributed by atoms with Gasteiger partial charge in [0, 0.05) is 10.0 Å². The summed E-state index contributed by atoms with van der Waals surface area (Å²) in [6.07, 6.45) is 5.40. The minimum absolute atomic E-state index is 0.267. The fourth-order valence-electron chi connectivity index (χ4n) is 3.44. The first-order chi connectivity index (χ1) is 15.4. The molecular weight excluding hydrogens is 467 g/mol. The molecule has 32 heavy (non-hydrogen) atoms. The first kappa shape index (κ1) is 22.3. The number of benzene rings is 2. The zero-order chi connectivity index (χ0) is 22.8. The minimum atomic E-state index is -0.651. The zero-order valence-electron chi connectivity index (χ0n) is 17.2. The number of rotatable bonds is 4. The number of hydrogen-bond donors (Lipinski definition) is 0. The Morgan fingerprint density at radius 1 is 1.19 bits per heavy atom. The van der Waals surface area contributed by atoms with E-state index in [1.165, 1.54) is 23.0 Å². The maximum absolute atomic E-state index is 13.4. The molecule has 162 valence electrons. The van der Waals surface area contributed by atoms with E-state index in [9.17, 15) is 9.59 Å². The highest BCUT2D eigenvalue weighted by Crippen LogP contribution is 2.26. The third-order valence-corrected chi connectivity index (χ3v) is 6.53. The number of nitrogens with zero attached hydrogens (tertiary/aromatic N) is 2. The normalized spacial score (nSPS) is 16.2. The average molecular weight is 485 g/mol. The molecule has 0 saturated heterocycles. The summed E-state index contributed by atoms with van der Waals surface area (Å²) < 4.78 is 6.95. The van der Waals surface area contributed by atoms with E-state index in [0.717, 1.165) is 5.56 Å². The van der Waals surface area contributed by atoms with Gasteiger partial charge in [0.25, 0.3) is 5.56 Å². The maximum Gasteiger partial charge on any atom is 0.338 e. The molecule has 2 aromatic carbocycles. The molecule has 0 radical (unpaired) electrons. The van der Waals surface area contributed by atoms with Crippen LogP contribution in [0.1, 0.15) is 24.1 Å². The standard InChI is InChI=1S/C24H18Cl2N2O3S/c1-14-21(23(30)31-2)19(11-8-15-6-4-3-5-7-15)28-22(29)20(32-24(28)27-14)12-16-9-10-17(25)13-18(16)26/h3-13,19H,1-2H3/b11-8+,20-12?. The molecular formula is C24H18Cl2N2O3S. The molecule has 0 fully saturated rings. The van der Waals surface area contributed by atoms with Crippen molar-refractivity contribution in [2.45, 2.75) is 13.0 Å². The number of esters is 1. The van der Waals surface area contributed by atoms with Gasteiger partial charge in [0.15, 0.2) is 4.80 Å². The number of carbonyl (C=O) groups excluding carboxylic acids is 1. The Morgan fingerprint density at radius 3 is 2.62 bits per heavy atom. The predicted molar refractivity (Wildman–Crippen MR) is 129 cm³/mol. The van der Waals surface area contributed by atoms with Gasteiger partial charge in [-0.3, -0.25) is 9.36 Å². The molecule has 0 saturated carbocycles. The molecule has 0 aliphatic carbocycles. The number of ether oxygens (including phenoxy) is 1. The fraction of sp³-hybridized carbons (Fsp3) is 0.125. The smallest absolute Gasteiger partial charge is 0.338 e. The number of allylic oxidation sites excluding steroid dienone is 2. The van der Waals surface area contributed by atoms with Crippen molar-refractivity contribution in [3.8, 4) is 0 Å². The third kappa shape index (κ3) is 4.35. The molecule has 1 aromatic heterocycles. The quantitative estimate of drug-likeness (QED) is 0.516. The van der Waals surface area contributed by atoms with Crippen LogP contribution < -0.4 is 14.9 Å². The Hall–Kier alpha value is -2.93. The first-order valence-corrected chi connectivity index (χ1v) is 11.3. The van der Waals surface area contributed by atoms with Crippen LogP contribution in [0.2, 0.25) is 10.0 Å². The van der Waals surface area contributed by atoms with Gasteiger partial charge in [-0.25, -0.2) is 9.79 Å². The minimum Gasteiger partial charge on any atom is -0.466 e. The van der Waals surface area contributed by atoms with E-state index in [4.69, 9.17) is 27.9 Å². The van der Waals surface area contributed by atoms with Crippen LogP contribution in [0.3, 0.4) is 0 Å². The van der Waals surface area contributed by atoms with Gasteiger partial charge in [0.1, 0.15) is 0 Å². The van der Waals surface area contributed by atoms with Crippen LogP contribution in [-0.4, -0.2) is 17.6 Å². The molecule has 1 unspecified atom stereocenters. The van der Waals surface area contributed by atoms with Crippen molar-refractivity contribution in [1.29, 1.82) is 0 Å². The van der Waals surface area contributed by atoms with Gasteiger partial charge in [-0.1, -0.05) is 83.1 Å². The van der Waals surface area contributed by atoms with Gasteiger partial charge in [0.2, 0.25) is 0 Å². The molecule has 1 aliphatic rings. The summed E-state index contributed by atoms with van der Waals surface area (Å²) >= 11 is 13.5. The Balaban J connectivity index is 1.90. The van der Waals surface area contributed by atoms with Crippen molar-refractivity contribution in [2.75, 3.05) is 7.11 Å². The molecule has 0 bridgehead atoms. The van der Waals surface area contributed by atoms with Gasteiger partial charge in [-0.15, -0.1) is 0 Å². The topological polar surface area (TPSA) is 60.7 Å². The maximum atomic E-state index is 13.4. The summed E-state index contributed by atoms with van der Waals surface area (Å²) in [5, 5.41) is 0.952. The van der Waals surface area contributed by atoms with Crippen LogP contribution in [0.15, 0.2) is 75.7 Å². The van der Waals surface area contributed by atoms with E-state index >= 15 is 0 Å². The van der Waals surface area contributed by atoms with E-state index in [0.29, 0.717) is 36.2 Å². The zero-order valence-corrected chi connectivity index (χ0v) is 19.5. The Labute approximate surface area is 198 Å². The van der Waals surface area contributed by atoms with E-state index < -0.39 is 12.0 Å². The fourth-order valence-corrected chi connectivity index (χ4v) is 4.95. The molecule has 3 aromatic rings. The number of thiazole rings is 1. The second-order valence-corrected chi connectivity index (χ2v) is 8.90. The van der Waals surface area contributed by atoms with Crippen molar-refractivity contribution in [1.82, 2.24) is 4.57 Å². The lowest BCUT2D eigenvalue weighted by atomic mass is 10.0. The highest BCUT2D eigenvalue weighted by atomic mass is 35.5. The summed E-state index contributed by atoms with van der Waals surface area (Å²) in [7, 11) is 1.31. The van der Waals surface area contributed by atoms with E-state index in [2.05, 4.69) is 4.99 Å². The van der Waals surface area contributed by atoms with E-state index in [1.807, 2.05) is 42.5 Å². The van der Waals surface area contributed by atoms with Gasteiger partial charge >= 0.3 is 5.97 Å². The molecule has 0 N–H and O–H groups in total. The Bertz CT molecular complexity index is 1440. The van der Waals surface area contributed by atoms with Crippen molar-refractivity contribution in [3.63, 3.8) is 0 Å². The molecule has 5 nitrogen and oxygen atoms in total. The number of methoxy groups -OCH3 is 1. The Morgan fingerprint density at radius 2 is 1.94 bits per heavy atom. The Kier molecular flexibility index (Phi) is 6.46. The van der Waals surface area contributed by atoms with Crippen molar-refractivity contribution >= 4 is 52.7 Å². The number of aromatic nitrogens is 1. The summed E-state index contributed by atoms with van der Waals surface area (Å²) in [4.78, 5) is 31.0. The second-order valence-electron chi connectivity index (χ2n) is 7.05. The molecule has 1 aliphatic heterocycles. The lowest BCUT2D eigenvalue weighted by Crippen LogP contribution is -2.38. The van der Waals surface area contributed by atoms with Gasteiger partial charge in [-0.05, 0) is 36.3 Å². The summed E-state index contributed by atoms with van der Waals surface area (Å²) in [6, 6.07) is 14.1. The molecule has 1 atom stereocenters. The number of halogens is 2. The van der Waals surface area contributed by atoms with Crippen molar-refractivity contribution in [2.24, 2.45) is 4.99 Å². The van der Waals surface area contributed by atoms with Crippen LogP contribution in [-0.2, 0) is 9.53 Å². The van der Waals surface area contributed by atoms with Crippen LogP contribution in [0.25, 0.3) is 12.2 Å². The number of fused-ring (bicyclic) bond motifs is 1. The van der Waals surface area contributed by atoms with Crippen LogP contribution in [0.5, 0.6) is 0 Å². The van der Waals surface area contributed by atoms with Crippen LogP contribution in [0.4, 0.5) is 0 Å². The predicted octanol–water partition coefficient (Wildman–Crippen LogP) is 4.38. The summed E-state index contributed by atoms with van der Waals surface area (Å²) in [5.41, 5.74) is 2.18. The second kappa shape index (κ2) is 9.28. The van der Waals surface area contributed by atoms with Crippen LogP contribution in [0, 0.1) is 0 Å². The van der Waals surface area contributed by atoms with Gasteiger partial charge in [-0.2, -0.15) is 0 Å². The largest absolute Gasteiger partial charge is 0.466 e. The van der Waals surface area contributed by atoms with Gasteiger partial charge < -0.3 is 4.74 Å². The monoisotopic (exact) mass is 484 g/mol. The van der Waals surface area contributed by atoms with Crippen molar-refractivity contribution in [3.05, 3.63) is 107 Å². The first-order valence-electron chi connectivity index (χ1n) is 9.68. The molecule has 0 amide bonds. The molecule has 8 heteroatoms. The highest BCUT2D eigenvalue weighted by Gasteiger charge is 2.30. The summed E-state index contributed by atoms with van der Waals surface area (Å²) in [5.74, 6) is -0.524. The van der Waals surface area contributed by atoms with Gasteiger partial charge in [0.05, 0.1) is 29.0 Å². The lowest BCUT2D eigenvalue weighted by Gasteiger charge is -2.21. The summed E-state index contributed by atoms with van der Waals surface area (Å²) in [6.45, 7) is 1.74. The molecule has 0 spiro atoms. The van der Waals surface area contributed by atoms with Crippen molar-refractivity contribution < 1.29 is 9.53 Å². The average Bonchev–Trinajstić information content (AvgIpc) is 3.08. The number of carbonyl (C=O) groups is 1. The SMILES string of the molecule is COC(=O)C1=C(C)N=c2sc(=Cc3ccc(Cl)cc3Cl)c(=O)n2C1/C=C/c1ccccc1. The van der Waals surface area contributed by atoms with Crippen LogP contribution >= 0.6 is 34.5 Å². The highest BCUT2D eigenvalue weighted by molar-refractivity contribution is 7.07. The molecule has 4 rings (SSSR count). The number of hydrogen-bond acceptors (Lipinski definition) is 5. The molecule has 2 heterocycles. The third-order valence-electron chi connectivity index (χ3n) is 4.99.